The summed E-state index contributed by atoms with van der Waals surface area (Å²) in [7, 11) is 0. The van der Waals surface area contributed by atoms with E-state index in [9.17, 15) is 15.0 Å². The number of rotatable bonds is 5. The Kier molecular flexibility index (Phi) is 6.39. The van der Waals surface area contributed by atoms with E-state index in [0.29, 0.717) is 19.3 Å². The van der Waals surface area contributed by atoms with Crippen molar-refractivity contribution in [3.05, 3.63) is 66.3 Å². The summed E-state index contributed by atoms with van der Waals surface area (Å²) in [5, 5.41) is 20.3. The van der Waals surface area contributed by atoms with Crippen molar-refractivity contribution in [2.75, 3.05) is 0 Å². The summed E-state index contributed by atoms with van der Waals surface area (Å²) in [4.78, 5) is 11.2. The molecule has 0 bridgehead atoms. The first-order valence-corrected chi connectivity index (χ1v) is 8.90. The molecule has 1 aromatic carbocycles. The standard InChI is InChI=1S/C21H24O5/c22-18-14-17(10-4-8-16-9-5-11-20(23)26-16)25-19(21(18)24)13-12-15-6-2-1-3-7-15/h1-8,11-13,16-19,21-22,24H,9-10,14H2/b8-4+,13-12+/t16-,17-,18+,19-,21+/m0/s1. The highest BCUT2D eigenvalue weighted by Crippen LogP contribution is 2.24. The highest BCUT2D eigenvalue weighted by Gasteiger charge is 2.34. The molecule has 2 heterocycles. The molecular weight excluding hydrogens is 332 g/mol. The van der Waals surface area contributed by atoms with Crippen LogP contribution in [0, 0.1) is 0 Å². The monoisotopic (exact) mass is 356 g/mol. The van der Waals surface area contributed by atoms with Gasteiger partial charge in [-0.1, -0.05) is 54.6 Å². The van der Waals surface area contributed by atoms with Crippen LogP contribution in [0.3, 0.4) is 0 Å². The Morgan fingerprint density at radius 3 is 2.73 bits per heavy atom. The number of benzene rings is 1. The van der Waals surface area contributed by atoms with Gasteiger partial charge in [0.25, 0.3) is 0 Å². The van der Waals surface area contributed by atoms with Gasteiger partial charge in [0, 0.05) is 18.9 Å². The Morgan fingerprint density at radius 2 is 1.96 bits per heavy atom. The van der Waals surface area contributed by atoms with Gasteiger partial charge in [-0.05, 0) is 18.1 Å². The minimum absolute atomic E-state index is 0.204. The van der Waals surface area contributed by atoms with Crippen molar-refractivity contribution < 1.29 is 24.5 Å². The van der Waals surface area contributed by atoms with Crippen LogP contribution in [0.4, 0.5) is 0 Å². The number of ether oxygens (including phenoxy) is 2. The molecule has 138 valence electrons. The summed E-state index contributed by atoms with van der Waals surface area (Å²) in [6.07, 6.45) is 9.46. The van der Waals surface area contributed by atoms with Gasteiger partial charge >= 0.3 is 5.97 Å². The van der Waals surface area contributed by atoms with Gasteiger partial charge in [-0.15, -0.1) is 0 Å². The van der Waals surface area contributed by atoms with E-state index < -0.39 is 18.3 Å². The third kappa shape index (κ3) is 5.14. The van der Waals surface area contributed by atoms with Crippen LogP contribution in [0.1, 0.15) is 24.8 Å². The van der Waals surface area contributed by atoms with E-state index in [0.717, 1.165) is 5.56 Å². The van der Waals surface area contributed by atoms with Crippen molar-refractivity contribution in [1.82, 2.24) is 0 Å². The maximum Gasteiger partial charge on any atom is 0.331 e. The fraction of sp³-hybridized carbons (Fsp3) is 0.381. The molecule has 2 aliphatic rings. The number of carbonyl (C=O) groups is 1. The van der Waals surface area contributed by atoms with Crippen LogP contribution in [0.2, 0.25) is 0 Å². The first-order chi connectivity index (χ1) is 12.6. The molecule has 0 aliphatic carbocycles. The van der Waals surface area contributed by atoms with Crippen LogP contribution in [0.15, 0.2) is 60.7 Å². The maximum atomic E-state index is 11.2. The van der Waals surface area contributed by atoms with E-state index in [1.807, 2.05) is 48.6 Å². The second kappa shape index (κ2) is 8.94. The largest absolute Gasteiger partial charge is 0.455 e. The van der Waals surface area contributed by atoms with Crippen LogP contribution < -0.4 is 0 Å². The molecule has 0 radical (unpaired) electrons. The van der Waals surface area contributed by atoms with E-state index in [2.05, 4.69) is 0 Å². The van der Waals surface area contributed by atoms with Gasteiger partial charge in [0.1, 0.15) is 18.3 Å². The van der Waals surface area contributed by atoms with Crippen molar-refractivity contribution in [3.8, 4) is 0 Å². The summed E-state index contributed by atoms with van der Waals surface area (Å²) in [5.41, 5.74) is 1.01. The normalized spacial score (nSPS) is 32.2. The summed E-state index contributed by atoms with van der Waals surface area (Å²) >= 11 is 0. The van der Waals surface area contributed by atoms with Crippen LogP contribution in [-0.2, 0) is 14.3 Å². The molecule has 0 unspecified atom stereocenters. The zero-order chi connectivity index (χ0) is 18.4. The topological polar surface area (TPSA) is 76.0 Å². The number of aliphatic hydroxyl groups excluding tert-OH is 2. The zero-order valence-electron chi connectivity index (χ0n) is 14.5. The lowest BCUT2D eigenvalue weighted by atomic mass is 9.95. The molecular formula is C21H24O5. The van der Waals surface area contributed by atoms with Crippen molar-refractivity contribution in [1.29, 1.82) is 0 Å². The third-order valence-corrected chi connectivity index (χ3v) is 4.50. The number of carbonyl (C=O) groups excluding carboxylic acids is 1. The number of esters is 1. The lowest BCUT2D eigenvalue weighted by molar-refractivity contribution is -0.149. The zero-order valence-corrected chi connectivity index (χ0v) is 14.5. The van der Waals surface area contributed by atoms with Crippen molar-refractivity contribution in [2.24, 2.45) is 0 Å². The molecule has 5 nitrogen and oxygen atoms in total. The molecule has 5 heteroatoms. The number of cyclic esters (lactones) is 1. The van der Waals surface area contributed by atoms with Crippen molar-refractivity contribution in [2.45, 2.75) is 49.8 Å². The predicted octanol–water partition coefficient (Wildman–Crippen LogP) is 2.40. The van der Waals surface area contributed by atoms with E-state index in [-0.39, 0.29) is 18.2 Å². The Balaban J connectivity index is 1.56. The molecule has 0 amide bonds. The van der Waals surface area contributed by atoms with Crippen LogP contribution in [-0.4, -0.2) is 46.7 Å². The minimum Gasteiger partial charge on any atom is -0.455 e. The fourth-order valence-electron chi connectivity index (χ4n) is 3.10. The first-order valence-electron chi connectivity index (χ1n) is 8.90. The van der Waals surface area contributed by atoms with Crippen LogP contribution in [0.25, 0.3) is 6.08 Å². The molecule has 1 aromatic rings. The van der Waals surface area contributed by atoms with Crippen LogP contribution >= 0.6 is 0 Å². The Bertz CT molecular complexity index is 679. The number of hydrogen-bond donors (Lipinski definition) is 2. The molecule has 1 saturated heterocycles. The average molecular weight is 356 g/mol. The summed E-state index contributed by atoms with van der Waals surface area (Å²) in [5.74, 6) is -0.329. The van der Waals surface area contributed by atoms with Gasteiger partial charge in [-0.2, -0.15) is 0 Å². The fourth-order valence-corrected chi connectivity index (χ4v) is 3.10. The smallest absolute Gasteiger partial charge is 0.331 e. The molecule has 2 aliphatic heterocycles. The highest BCUT2D eigenvalue weighted by molar-refractivity contribution is 5.82. The third-order valence-electron chi connectivity index (χ3n) is 4.50. The minimum atomic E-state index is -0.945. The molecule has 0 saturated carbocycles. The second-order valence-corrected chi connectivity index (χ2v) is 6.56. The molecule has 0 aromatic heterocycles. The van der Waals surface area contributed by atoms with Gasteiger partial charge in [0.05, 0.1) is 12.2 Å². The van der Waals surface area contributed by atoms with Crippen molar-refractivity contribution >= 4 is 12.0 Å². The molecule has 3 rings (SSSR count). The SMILES string of the molecule is O=C1C=CC[C@H](/C=C/C[C@H]2C[C@@H](O)[C@@H](O)[C@H](/C=C/c3ccccc3)O2)O1. The molecule has 5 atom stereocenters. The maximum absolute atomic E-state index is 11.2. The molecule has 26 heavy (non-hydrogen) atoms. The van der Waals surface area contributed by atoms with Crippen molar-refractivity contribution in [3.63, 3.8) is 0 Å². The Morgan fingerprint density at radius 1 is 1.15 bits per heavy atom. The van der Waals surface area contributed by atoms with E-state index in [4.69, 9.17) is 9.47 Å². The van der Waals surface area contributed by atoms with Gasteiger partial charge < -0.3 is 19.7 Å². The van der Waals surface area contributed by atoms with Gasteiger partial charge in [0.15, 0.2) is 0 Å². The van der Waals surface area contributed by atoms with Gasteiger partial charge in [-0.3, -0.25) is 0 Å². The quantitative estimate of drug-likeness (QED) is 0.626. The first kappa shape index (κ1) is 18.6. The summed E-state index contributed by atoms with van der Waals surface area (Å²) in [6.45, 7) is 0. The van der Waals surface area contributed by atoms with E-state index in [1.54, 1.807) is 12.2 Å². The summed E-state index contributed by atoms with van der Waals surface area (Å²) < 4.78 is 11.1. The van der Waals surface area contributed by atoms with E-state index in [1.165, 1.54) is 6.08 Å². The highest BCUT2D eigenvalue weighted by atomic mass is 16.5. The number of aliphatic hydroxyl groups is 2. The lowest BCUT2D eigenvalue weighted by Crippen LogP contribution is -2.47. The molecule has 0 spiro atoms. The number of hydrogen-bond acceptors (Lipinski definition) is 5. The van der Waals surface area contributed by atoms with Gasteiger partial charge in [-0.25, -0.2) is 4.79 Å². The Labute approximate surface area is 153 Å². The predicted molar refractivity (Wildman–Crippen MR) is 98.2 cm³/mol. The summed E-state index contributed by atoms with van der Waals surface area (Å²) in [6, 6.07) is 9.74. The van der Waals surface area contributed by atoms with E-state index >= 15 is 0 Å². The second-order valence-electron chi connectivity index (χ2n) is 6.56. The average Bonchev–Trinajstić information content (AvgIpc) is 2.64. The molecule has 1 fully saturated rings. The van der Waals surface area contributed by atoms with Crippen LogP contribution in [0.5, 0.6) is 0 Å². The Hall–Kier alpha value is -2.21. The van der Waals surface area contributed by atoms with Gasteiger partial charge in [0.2, 0.25) is 0 Å². The lowest BCUT2D eigenvalue weighted by Gasteiger charge is -2.35. The molecule has 2 N–H and O–H groups in total.